The van der Waals surface area contributed by atoms with Crippen molar-refractivity contribution in [1.82, 2.24) is 5.32 Å². The number of hydrogen-bond acceptors (Lipinski definition) is 4. The molecule has 0 aliphatic heterocycles. The van der Waals surface area contributed by atoms with Gasteiger partial charge >= 0.3 is 5.97 Å². The minimum absolute atomic E-state index is 0.0798. The Kier molecular flexibility index (Phi) is 6.36. The Hall–Kier alpha value is -1.55. The van der Waals surface area contributed by atoms with E-state index in [1.807, 2.05) is 38.1 Å². The molecule has 1 rings (SSSR count). The molecule has 19 heavy (non-hydrogen) atoms. The molecule has 2 unspecified atom stereocenters. The molecule has 1 N–H and O–H groups in total. The summed E-state index contributed by atoms with van der Waals surface area (Å²) in [5.41, 5.74) is 1.16. The van der Waals surface area contributed by atoms with Crippen molar-refractivity contribution in [3.05, 3.63) is 29.8 Å². The summed E-state index contributed by atoms with van der Waals surface area (Å²) in [4.78, 5) is 11.4. The zero-order valence-electron chi connectivity index (χ0n) is 12.1. The average molecular weight is 265 g/mol. The van der Waals surface area contributed by atoms with Crippen molar-refractivity contribution in [3.63, 3.8) is 0 Å². The highest BCUT2D eigenvalue weighted by atomic mass is 16.5. The van der Waals surface area contributed by atoms with Crippen LogP contribution in [0, 0.1) is 0 Å². The lowest BCUT2D eigenvalue weighted by Gasteiger charge is -2.20. The SMILES string of the molecule is CCOC(=O)CC(C)NC(C)c1ccc(OC)cc1. The third-order valence-corrected chi connectivity index (χ3v) is 2.93. The fourth-order valence-corrected chi connectivity index (χ4v) is 1.94. The van der Waals surface area contributed by atoms with Gasteiger partial charge in [0.25, 0.3) is 0 Å². The summed E-state index contributed by atoms with van der Waals surface area (Å²) < 4.78 is 10.1. The van der Waals surface area contributed by atoms with Gasteiger partial charge in [0.2, 0.25) is 0 Å². The molecule has 4 nitrogen and oxygen atoms in total. The van der Waals surface area contributed by atoms with Crippen molar-refractivity contribution in [2.24, 2.45) is 0 Å². The largest absolute Gasteiger partial charge is 0.497 e. The van der Waals surface area contributed by atoms with Gasteiger partial charge in [0.15, 0.2) is 0 Å². The molecule has 0 saturated heterocycles. The first-order chi connectivity index (χ1) is 9.06. The van der Waals surface area contributed by atoms with Crippen molar-refractivity contribution in [2.75, 3.05) is 13.7 Å². The zero-order valence-corrected chi connectivity index (χ0v) is 12.1. The Labute approximate surface area is 115 Å². The molecule has 0 aliphatic carbocycles. The van der Waals surface area contributed by atoms with E-state index in [0.29, 0.717) is 13.0 Å². The minimum Gasteiger partial charge on any atom is -0.497 e. The minimum atomic E-state index is -0.163. The molecule has 0 bridgehead atoms. The van der Waals surface area contributed by atoms with Gasteiger partial charge in [0.1, 0.15) is 5.75 Å². The number of esters is 1. The molecule has 0 heterocycles. The van der Waals surface area contributed by atoms with Gasteiger partial charge in [-0.3, -0.25) is 4.79 Å². The molecule has 0 aliphatic rings. The van der Waals surface area contributed by atoms with Crippen LogP contribution in [0.25, 0.3) is 0 Å². The van der Waals surface area contributed by atoms with Crippen LogP contribution in [-0.4, -0.2) is 25.7 Å². The molecule has 2 atom stereocenters. The van der Waals surface area contributed by atoms with Gasteiger partial charge in [-0.25, -0.2) is 0 Å². The molecule has 0 fully saturated rings. The lowest BCUT2D eigenvalue weighted by Crippen LogP contribution is -2.31. The Balaban J connectivity index is 2.48. The molecule has 1 aromatic carbocycles. The topological polar surface area (TPSA) is 47.6 Å². The molecule has 1 aromatic rings. The second-order valence-electron chi connectivity index (χ2n) is 4.57. The Bertz CT molecular complexity index is 389. The molecule has 106 valence electrons. The van der Waals surface area contributed by atoms with E-state index in [-0.39, 0.29) is 18.1 Å². The number of carbonyl (C=O) groups excluding carboxylic acids is 1. The van der Waals surface area contributed by atoms with Gasteiger partial charge in [-0.15, -0.1) is 0 Å². The normalized spacial score (nSPS) is 13.7. The maximum Gasteiger partial charge on any atom is 0.307 e. The molecule has 0 saturated carbocycles. The van der Waals surface area contributed by atoms with Crippen LogP contribution in [0.2, 0.25) is 0 Å². The summed E-state index contributed by atoms with van der Waals surface area (Å²) in [6.45, 7) is 6.30. The van der Waals surface area contributed by atoms with E-state index >= 15 is 0 Å². The predicted octanol–water partition coefficient (Wildman–Crippen LogP) is 2.69. The van der Waals surface area contributed by atoms with Crippen molar-refractivity contribution in [1.29, 1.82) is 0 Å². The maximum atomic E-state index is 11.4. The highest BCUT2D eigenvalue weighted by Gasteiger charge is 2.13. The molecule has 0 amide bonds. The summed E-state index contributed by atoms with van der Waals surface area (Å²) in [7, 11) is 1.65. The number of ether oxygens (including phenoxy) is 2. The van der Waals surface area contributed by atoms with Crippen molar-refractivity contribution in [3.8, 4) is 5.75 Å². The van der Waals surface area contributed by atoms with Crippen molar-refractivity contribution < 1.29 is 14.3 Å². The first-order valence-corrected chi connectivity index (χ1v) is 6.62. The van der Waals surface area contributed by atoms with E-state index in [9.17, 15) is 4.79 Å². The molecular weight excluding hydrogens is 242 g/mol. The molecule has 0 radical (unpaired) electrons. The highest BCUT2D eigenvalue weighted by molar-refractivity contribution is 5.70. The molecular formula is C15H23NO3. The summed E-state index contributed by atoms with van der Waals surface area (Å²) >= 11 is 0. The van der Waals surface area contributed by atoms with E-state index in [1.165, 1.54) is 0 Å². The number of methoxy groups -OCH3 is 1. The van der Waals surface area contributed by atoms with E-state index < -0.39 is 0 Å². The number of carbonyl (C=O) groups is 1. The van der Waals surface area contributed by atoms with E-state index in [2.05, 4.69) is 12.2 Å². The second kappa shape index (κ2) is 7.79. The van der Waals surface area contributed by atoms with E-state index in [0.717, 1.165) is 11.3 Å². The summed E-state index contributed by atoms with van der Waals surface area (Å²) in [5, 5.41) is 3.38. The maximum absolute atomic E-state index is 11.4. The van der Waals surface area contributed by atoms with Crippen LogP contribution in [0.15, 0.2) is 24.3 Å². The first kappa shape index (κ1) is 15.5. The molecule has 4 heteroatoms. The fourth-order valence-electron chi connectivity index (χ4n) is 1.94. The fraction of sp³-hybridized carbons (Fsp3) is 0.533. The third-order valence-electron chi connectivity index (χ3n) is 2.93. The van der Waals surface area contributed by atoms with Crippen LogP contribution in [0.3, 0.4) is 0 Å². The lowest BCUT2D eigenvalue weighted by atomic mass is 10.1. The first-order valence-electron chi connectivity index (χ1n) is 6.62. The quantitative estimate of drug-likeness (QED) is 0.770. The van der Waals surface area contributed by atoms with Gasteiger partial charge in [-0.05, 0) is 38.5 Å². The van der Waals surface area contributed by atoms with Gasteiger partial charge in [-0.2, -0.15) is 0 Å². The van der Waals surface area contributed by atoms with Gasteiger partial charge < -0.3 is 14.8 Å². The van der Waals surface area contributed by atoms with Gasteiger partial charge in [0.05, 0.1) is 20.1 Å². The van der Waals surface area contributed by atoms with Gasteiger partial charge in [-0.1, -0.05) is 12.1 Å². The second-order valence-corrected chi connectivity index (χ2v) is 4.57. The Morgan fingerprint density at radius 3 is 2.42 bits per heavy atom. The van der Waals surface area contributed by atoms with Crippen molar-refractivity contribution >= 4 is 5.97 Å². The monoisotopic (exact) mass is 265 g/mol. The number of rotatable bonds is 7. The van der Waals surface area contributed by atoms with E-state index in [1.54, 1.807) is 7.11 Å². The lowest BCUT2D eigenvalue weighted by molar-refractivity contribution is -0.143. The standard InChI is InChI=1S/C15H23NO3/c1-5-19-15(17)10-11(2)16-12(3)13-6-8-14(18-4)9-7-13/h6-9,11-12,16H,5,10H2,1-4H3. The average Bonchev–Trinajstić information content (AvgIpc) is 2.38. The molecule has 0 aromatic heterocycles. The highest BCUT2D eigenvalue weighted by Crippen LogP contribution is 2.18. The number of nitrogens with one attached hydrogen (secondary N) is 1. The Morgan fingerprint density at radius 2 is 1.89 bits per heavy atom. The summed E-state index contributed by atoms with van der Waals surface area (Å²) in [6.07, 6.45) is 0.383. The predicted molar refractivity (Wildman–Crippen MR) is 75.3 cm³/mol. The van der Waals surface area contributed by atoms with Crippen LogP contribution in [0.4, 0.5) is 0 Å². The summed E-state index contributed by atoms with van der Waals surface area (Å²) in [6, 6.07) is 8.17. The van der Waals surface area contributed by atoms with Crippen LogP contribution in [-0.2, 0) is 9.53 Å². The smallest absolute Gasteiger partial charge is 0.307 e. The zero-order chi connectivity index (χ0) is 14.3. The summed E-state index contributed by atoms with van der Waals surface area (Å²) in [5.74, 6) is 0.681. The van der Waals surface area contributed by atoms with Crippen LogP contribution in [0.1, 0.15) is 38.8 Å². The number of benzene rings is 1. The van der Waals surface area contributed by atoms with Gasteiger partial charge in [0, 0.05) is 12.1 Å². The third kappa shape index (κ3) is 5.30. The Morgan fingerprint density at radius 1 is 1.26 bits per heavy atom. The number of hydrogen-bond donors (Lipinski definition) is 1. The van der Waals surface area contributed by atoms with Crippen LogP contribution in [0.5, 0.6) is 5.75 Å². The molecule has 0 spiro atoms. The van der Waals surface area contributed by atoms with E-state index in [4.69, 9.17) is 9.47 Å². The van der Waals surface area contributed by atoms with Crippen LogP contribution >= 0.6 is 0 Å². The van der Waals surface area contributed by atoms with Crippen LogP contribution < -0.4 is 10.1 Å². The van der Waals surface area contributed by atoms with Crippen molar-refractivity contribution in [2.45, 2.75) is 39.3 Å².